The third kappa shape index (κ3) is 3.13. The molecule has 0 spiro atoms. The van der Waals surface area contributed by atoms with Gasteiger partial charge in [0.2, 0.25) is 0 Å². The molecule has 1 aromatic rings. The molecule has 1 aliphatic heterocycles. The van der Waals surface area contributed by atoms with E-state index in [-0.39, 0.29) is 6.10 Å². The number of ether oxygens (including phenoxy) is 2. The minimum Gasteiger partial charge on any atom is -0.485 e. The first-order valence-electron chi connectivity index (χ1n) is 6.00. The summed E-state index contributed by atoms with van der Waals surface area (Å²) >= 11 is 0. The third-order valence-corrected chi connectivity index (χ3v) is 2.68. The standard InChI is InChI=1S/C13H19N3O2/c1-16(2)8-7-15-13(14)12-9-17-10-5-3-4-6-11(10)18-12/h3-6,12H,7-9H2,1-2H3,(H2,14,15). The molecule has 0 aliphatic carbocycles. The highest BCUT2D eigenvalue weighted by Crippen LogP contribution is 2.30. The largest absolute Gasteiger partial charge is 0.485 e. The number of fused-ring (bicyclic) bond motifs is 1. The molecule has 98 valence electrons. The van der Waals surface area contributed by atoms with Crippen molar-refractivity contribution >= 4 is 5.84 Å². The van der Waals surface area contributed by atoms with Gasteiger partial charge in [0.05, 0.1) is 6.54 Å². The van der Waals surface area contributed by atoms with E-state index < -0.39 is 0 Å². The number of hydrogen-bond donors (Lipinski definition) is 1. The predicted molar refractivity (Wildman–Crippen MR) is 71.4 cm³/mol. The summed E-state index contributed by atoms with van der Waals surface area (Å²) in [6, 6.07) is 7.57. The predicted octanol–water partition coefficient (Wildman–Crippen LogP) is 0.745. The van der Waals surface area contributed by atoms with Crippen LogP contribution in [-0.2, 0) is 0 Å². The molecule has 0 bridgehead atoms. The summed E-state index contributed by atoms with van der Waals surface area (Å²) in [6.07, 6.45) is -0.290. The minimum atomic E-state index is -0.290. The van der Waals surface area contributed by atoms with Crippen LogP contribution in [0, 0.1) is 0 Å². The lowest BCUT2D eigenvalue weighted by atomic mass is 10.2. The molecule has 0 aromatic heterocycles. The Morgan fingerprint density at radius 2 is 2.11 bits per heavy atom. The normalized spacial score (nSPS) is 19.1. The third-order valence-electron chi connectivity index (χ3n) is 2.68. The molecule has 18 heavy (non-hydrogen) atoms. The first-order valence-corrected chi connectivity index (χ1v) is 6.00. The van der Waals surface area contributed by atoms with Crippen molar-refractivity contribution in [1.29, 1.82) is 0 Å². The van der Waals surface area contributed by atoms with Gasteiger partial charge in [0.25, 0.3) is 0 Å². The zero-order valence-corrected chi connectivity index (χ0v) is 10.8. The van der Waals surface area contributed by atoms with Gasteiger partial charge in [0.15, 0.2) is 17.6 Å². The molecule has 1 aliphatic rings. The highest BCUT2D eigenvalue weighted by molar-refractivity contribution is 5.85. The summed E-state index contributed by atoms with van der Waals surface area (Å²) in [5, 5.41) is 0. The highest BCUT2D eigenvalue weighted by Gasteiger charge is 2.23. The topological polar surface area (TPSA) is 60.1 Å². The summed E-state index contributed by atoms with van der Waals surface area (Å²) in [5.41, 5.74) is 5.92. The second kappa shape index (κ2) is 5.73. The van der Waals surface area contributed by atoms with Crippen LogP contribution in [0.2, 0.25) is 0 Å². The van der Waals surface area contributed by atoms with Crippen molar-refractivity contribution in [2.75, 3.05) is 33.8 Å². The van der Waals surface area contributed by atoms with E-state index in [1.165, 1.54) is 0 Å². The summed E-state index contributed by atoms with van der Waals surface area (Å²) < 4.78 is 11.3. The summed E-state index contributed by atoms with van der Waals surface area (Å²) in [4.78, 5) is 6.37. The number of para-hydroxylation sites is 2. The Bertz CT molecular complexity index is 432. The maximum atomic E-state index is 5.92. The lowest BCUT2D eigenvalue weighted by Crippen LogP contribution is -2.41. The Kier molecular flexibility index (Phi) is 4.04. The van der Waals surface area contributed by atoms with Crippen LogP contribution in [0.1, 0.15) is 0 Å². The first kappa shape index (κ1) is 12.7. The molecule has 5 nitrogen and oxygen atoms in total. The van der Waals surface area contributed by atoms with Gasteiger partial charge in [-0.05, 0) is 26.2 Å². The van der Waals surface area contributed by atoms with Crippen LogP contribution in [0.4, 0.5) is 0 Å². The summed E-state index contributed by atoms with van der Waals surface area (Å²) in [5.74, 6) is 1.97. The van der Waals surface area contributed by atoms with Crippen LogP contribution in [-0.4, -0.2) is 50.6 Å². The van der Waals surface area contributed by atoms with Crippen molar-refractivity contribution < 1.29 is 9.47 Å². The molecule has 0 fully saturated rings. The molecule has 0 saturated carbocycles. The van der Waals surface area contributed by atoms with E-state index in [4.69, 9.17) is 15.2 Å². The Morgan fingerprint density at radius 1 is 1.39 bits per heavy atom. The molecule has 5 heteroatoms. The van der Waals surface area contributed by atoms with Crippen molar-refractivity contribution in [1.82, 2.24) is 4.90 Å². The summed E-state index contributed by atoms with van der Waals surface area (Å²) in [7, 11) is 4.00. The van der Waals surface area contributed by atoms with Gasteiger partial charge in [-0.15, -0.1) is 0 Å². The van der Waals surface area contributed by atoms with Crippen LogP contribution >= 0.6 is 0 Å². The second-order valence-electron chi connectivity index (χ2n) is 4.47. The molecule has 1 unspecified atom stereocenters. The van der Waals surface area contributed by atoms with E-state index in [2.05, 4.69) is 9.89 Å². The Balaban J connectivity index is 1.96. The lowest BCUT2D eigenvalue weighted by molar-refractivity contribution is 0.134. The van der Waals surface area contributed by atoms with E-state index in [1.807, 2.05) is 38.4 Å². The van der Waals surface area contributed by atoms with Crippen LogP contribution in [0.25, 0.3) is 0 Å². The van der Waals surface area contributed by atoms with Crippen LogP contribution in [0.3, 0.4) is 0 Å². The van der Waals surface area contributed by atoms with Crippen molar-refractivity contribution in [3.8, 4) is 11.5 Å². The molecule has 1 heterocycles. The molecular formula is C13H19N3O2. The van der Waals surface area contributed by atoms with Crippen LogP contribution in [0.5, 0.6) is 11.5 Å². The van der Waals surface area contributed by atoms with Gasteiger partial charge >= 0.3 is 0 Å². The molecule has 1 atom stereocenters. The lowest BCUT2D eigenvalue weighted by Gasteiger charge is -2.26. The smallest absolute Gasteiger partial charge is 0.189 e. The van der Waals surface area contributed by atoms with Gasteiger partial charge in [-0.25, -0.2) is 0 Å². The number of benzene rings is 1. The van der Waals surface area contributed by atoms with Gasteiger partial charge in [-0.3, -0.25) is 4.99 Å². The molecule has 0 saturated heterocycles. The van der Waals surface area contributed by atoms with Gasteiger partial charge in [0.1, 0.15) is 12.4 Å². The van der Waals surface area contributed by atoms with E-state index >= 15 is 0 Å². The fourth-order valence-corrected chi connectivity index (χ4v) is 1.65. The Hall–Kier alpha value is -1.75. The number of rotatable bonds is 4. The van der Waals surface area contributed by atoms with Crippen molar-refractivity contribution in [2.24, 2.45) is 10.7 Å². The van der Waals surface area contributed by atoms with Crippen molar-refractivity contribution in [2.45, 2.75) is 6.10 Å². The van der Waals surface area contributed by atoms with Gasteiger partial charge in [0, 0.05) is 6.54 Å². The van der Waals surface area contributed by atoms with Gasteiger partial charge in [-0.2, -0.15) is 0 Å². The Morgan fingerprint density at radius 3 is 2.83 bits per heavy atom. The van der Waals surface area contributed by atoms with E-state index in [0.29, 0.717) is 19.0 Å². The minimum absolute atomic E-state index is 0.290. The van der Waals surface area contributed by atoms with E-state index in [9.17, 15) is 0 Å². The van der Waals surface area contributed by atoms with Crippen LogP contribution in [0.15, 0.2) is 29.3 Å². The first-order chi connectivity index (χ1) is 8.66. The molecule has 1 aromatic carbocycles. The van der Waals surface area contributed by atoms with Gasteiger partial charge in [-0.1, -0.05) is 12.1 Å². The van der Waals surface area contributed by atoms with Gasteiger partial charge < -0.3 is 20.1 Å². The fourth-order valence-electron chi connectivity index (χ4n) is 1.65. The molecule has 2 N–H and O–H groups in total. The molecule has 0 radical (unpaired) electrons. The van der Waals surface area contributed by atoms with E-state index in [0.717, 1.165) is 18.0 Å². The zero-order valence-electron chi connectivity index (χ0n) is 10.8. The fraction of sp³-hybridized carbons (Fsp3) is 0.462. The average molecular weight is 249 g/mol. The molecule has 2 rings (SSSR count). The van der Waals surface area contributed by atoms with Crippen LogP contribution < -0.4 is 15.2 Å². The number of aliphatic imine (C=N–C) groups is 1. The zero-order chi connectivity index (χ0) is 13.0. The quantitative estimate of drug-likeness (QED) is 0.632. The maximum Gasteiger partial charge on any atom is 0.189 e. The van der Waals surface area contributed by atoms with Crippen molar-refractivity contribution in [3.05, 3.63) is 24.3 Å². The SMILES string of the molecule is CN(C)CCN=C(N)C1COc2ccccc2O1. The number of nitrogens with two attached hydrogens (primary N) is 1. The number of likely N-dealkylation sites (N-methyl/N-ethyl adjacent to an activating group) is 1. The average Bonchev–Trinajstić information content (AvgIpc) is 2.37. The molecular weight excluding hydrogens is 230 g/mol. The number of hydrogen-bond acceptors (Lipinski definition) is 4. The summed E-state index contributed by atoms with van der Waals surface area (Å²) in [6.45, 7) is 1.94. The van der Waals surface area contributed by atoms with E-state index in [1.54, 1.807) is 0 Å². The monoisotopic (exact) mass is 249 g/mol. The second-order valence-corrected chi connectivity index (χ2v) is 4.47. The Labute approximate surface area is 107 Å². The maximum absolute atomic E-state index is 5.92. The number of amidine groups is 1. The van der Waals surface area contributed by atoms with Crippen molar-refractivity contribution in [3.63, 3.8) is 0 Å². The highest BCUT2D eigenvalue weighted by atomic mass is 16.6. The molecule has 0 amide bonds. The number of nitrogens with zero attached hydrogens (tertiary/aromatic N) is 2.